The molecular formula is C13H17BrF3N. The van der Waals surface area contributed by atoms with Gasteiger partial charge in [-0.05, 0) is 30.5 Å². The fourth-order valence-corrected chi connectivity index (χ4v) is 1.69. The highest BCUT2D eigenvalue weighted by molar-refractivity contribution is 9.10. The Morgan fingerprint density at radius 1 is 1.17 bits per heavy atom. The minimum absolute atomic E-state index is 0.0697. The number of alkyl halides is 3. The van der Waals surface area contributed by atoms with Crippen LogP contribution in [0.25, 0.3) is 0 Å². The van der Waals surface area contributed by atoms with Crippen LogP contribution in [0.4, 0.5) is 18.9 Å². The summed E-state index contributed by atoms with van der Waals surface area (Å²) in [6.07, 6.45) is -4.36. The summed E-state index contributed by atoms with van der Waals surface area (Å²) in [6.45, 7) is 7.83. The summed E-state index contributed by atoms with van der Waals surface area (Å²) in [7, 11) is 0. The van der Waals surface area contributed by atoms with Crippen LogP contribution in [0.3, 0.4) is 0 Å². The van der Waals surface area contributed by atoms with Gasteiger partial charge < -0.3 is 5.32 Å². The molecule has 0 heterocycles. The standard InChI is InChI=1S/C13H17BrF3N/c1-8(12(2,3)4)18-11-6-5-9(14)7-10(11)13(15,16)17/h5-8,18H,1-4H3. The third-order valence-electron chi connectivity index (χ3n) is 2.96. The zero-order valence-corrected chi connectivity index (χ0v) is 12.4. The lowest BCUT2D eigenvalue weighted by molar-refractivity contribution is -0.137. The zero-order valence-electron chi connectivity index (χ0n) is 10.8. The van der Waals surface area contributed by atoms with E-state index >= 15 is 0 Å². The summed E-state index contributed by atoms with van der Waals surface area (Å²) in [5, 5.41) is 2.94. The number of halogens is 4. The van der Waals surface area contributed by atoms with Crippen LogP contribution in [-0.4, -0.2) is 6.04 Å². The maximum atomic E-state index is 12.9. The van der Waals surface area contributed by atoms with Gasteiger partial charge in [-0.2, -0.15) is 13.2 Å². The maximum absolute atomic E-state index is 12.9. The number of hydrogen-bond donors (Lipinski definition) is 1. The summed E-state index contributed by atoms with van der Waals surface area (Å²) in [5.41, 5.74) is -0.642. The number of benzene rings is 1. The second-order valence-electron chi connectivity index (χ2n) is 5.42. The van der Waals surface area contributed by atoms with Crippen molar-refractivity contribution in [3.8, 4) is 0 Å². The van der Waals surface area contributed by atoms with Gasteiger partial charge >= 0.3 is 6.18 Å². The van der Waals surface area contributed by atoms with Crippen molar-refractivity contribution in [1.82, 2.24) is 0 Å². The monoisotopic (exact) mass is 323 g/mol. The van der Waals surface area contributed by atoms with Crippen LogP contribution in [0.1, 0.15) is 33.3 Å². The minimum Gasteiger partial charge on any atom is -0.382 e. The average Bonchev–Trinajstić information content (AvgIpc) is 2.17. The molecule has 0 aliphatic heterocycles. The molecule has 0 spiro atoms. The first kappa shape index (κ1) is 15.3. The van der Waals surface area contributed by atoms with Gasteiger partial charge in [0.2, 0.25) is 0 Å². The number of rotatable bonds is 2. The van der Waals surface area contributed by atoms with Gasteiger partial charge in [-0.1, -0.05) is 36.7 Å². The minimum atomic E-state index is -4.36. The molecule has 0 aromatic heterocycles. The van der Waals surface area contributed by atoms with E-state index in [4.69, 9.17) is 0 Å². The fraction of sp³-hybridized carbons (Fsp3) is 0.538. The van der Waals surface area contributed by atoms with E-state index in [1.54, 1.807) is 6.07 Å². The Balaban J connectivity index is 3.10. The van der Waals surface area contributed by atoms with E-state index in [-0.39, 0.29) is 17.1 Å². The van der Waals surface area contributed by atoms with Crippen molar-refractivity contribution in [2.45, 2.75) is 39.9 Å². The van der Waals surface area contributed by atoms with Gasteiger partial charge in [0.05, 0.1) is 5.56 Å². The predicted molar refractivity (Wildman–Crippen MR) is 71.7 cm³/mol. The second kappa shape index (κ2) is 5.11. The van der Waals surface area contributed by atoms with Crippen molar-refractivity contribution >= 4 is 21.6 Å². The second-order valence-corrected chi connectivity index (χ2v) is 6.34. The van der Waals surface area contributed by atoms with Crippen molar-refractivity contribution in [1.29, 1.82) is 0 Å². The van der Waals surface area contributed by atoms with E-state index in [0.29, 0.717) is 4.47 Å². The molecule has 0 aliphatic rings. The maximum Gasteiger partial charge on any atom is 0.418 e. The van der Waals surface area contributed by atoms with E-state index in [9.17, 15) is 13.2 Å². The summed E-state index contributed by atoms with van der Waals surface area (Å²) in [4.78, 5) is 0. The molecule has 0 fully saturated rings. The van der Waals surface area contributed by atoms with E-state index in [2.05, 4.69) is 21.2 Å². The predicted octanol–water partition coefficient (Wildman–Crippen LogP) is 5.31. The molecule has 1 N–H and O–H groups in total. The average molecular weight is 324 g/mol. The van der Waals surface area contributed by atoms with Gasteiger partial charge in [-0.15, -0.1) is 0 Å². The van der Waals surface area contributed by atoms with Crippen molar-refractivity contribution in [2.75, 3.05) is 5.32 Å². The summed E-state index contributed by atoms with van der Waals surface area (Å²) >= 11 is 3.07. The SMILES string of the molecule is CC(Nc1ccc(Br)cc1C(F)(F)F)C(C)(C)C. The third-order valence-corrected chi connectivity index (χ3v) is 3.45. The zero-order chi connectivity index (χ0) is 14.1. The number of nitrogens with one attached hydrogen (secondary N) is 1. The van der Waals surface area contributed by atoms with E-state index in [1.165, 1.54) is 6.07 Å². The van der Waals surface area contributed by atoms with Crippen molar-refractivity contribution in [2.24, 2.45) is 5.41 Å². The molecule has 0 amide bonds. The largest absolute Gasteiger partial charge is 0.418 e. The summed E-state index contributed by atoms with van der Waals surface area (Å²) in [5.74, 6) is 0. The van der Waals surface area contributed by atoms with Crippen LogP contribution in [-0.2, 0) is 6.18 Å². The first-order chi connectivity index (χ1) is 8.01. The molecule has 1 nitrogen and oxygen atoms in total. The molecule has 0 radical (unpaired) electrons. The lowest BCUT2D eigenvalue weighted by Gasteiger charge is -2.30. The smallest absolute Gasteiger partial charge is 0.382 e. The molecule has 102 valence electrons. The molecule has 1 aromatic carbocycles. The lowest BCUT2D eigenvalue weighted by atomic mass is 9.88. The van der Waals surface area contributed by atoms with Crippen molar-refractivity contribution < 1.29 is 13.2 Å². The van der Waals surface area contributed by atoms with Crippen molar-refractivity contribution in [3.05, 3.63) is 28.2 Å². The first-order valence-electron chi connectivity index (χ1n) is 5.65. The number of anilines is 1. The normalized spacial score (nSPS) is 14.4. The van der Waals surface area contributed by atoms with Gasteiger partial charge in [0.1, 0.15) is 0 Å². The Kier molecular flexibility index (Phi) is 4.36. The van der Waals surface area contributed by atoms with Crippen LogP contribution < -0.4 is 5.32 Å². The van der Waals surface area contributed by atoms with Gasteiger partial charge in [0.15, 0.2) is 0 Å². The van der Waals surface area contributed by atoms with Crippen LogP contribution in [0, 0.1) is 5.41 Å². The fourth-order valence-electron chi connectivity index (χ4n) is 1.33. The molecule has 0 saturated heterocycles. The topological polar surface area (TPSA) is 12.0 Å². The highest BCUT2D eigenvalue weighted by atomic mass is 79.9. The molecule has 1 rings (SSSR count). The quantitative estimate of drug-likeness (QED) is 0.777. The van der Waals surface area contributed by atoms with Gasteiger partial charge in [0.25, 0.3) is 0 Å². The Morgan fingerprint density at radius 2 is 1.72 bits per heavy atom. The van der Waals surface area contributed by atoms with Crippen LogP contribution in [0.5, 0.6) is 0 Å². The molecule has 5 heteroatoms. The van der Waals surface area contributed by atoms with E-state index in [1.807, 2.05) is 27.7 Å². The van der Waals surface area contributed by atoms with Crippen LogP contribution in [0.15, 0.2) is 22.7 Å². The highest BCUT2D eigenvalue weighted by Gasteiger charge is 2.34. The molecule has 1 atom stereocenters. The van der Waals surface area contributed by atoms with Gasteiger partial charge in [-0.3, -0.25) is 0 Å². The molecule has 0 saturated carbocycles. The Bertz CT molecular complexity index is 421. The molecule has 18 heavy (non-hydrogen) atoms. The Morgan fingerprint density at radius 3 is 2.17 bits per heavy atom. The summed E-state index contributed by atoms with van der Waals surface area (Å²) < 4.78 is 39.2. The molecule has 0 bridgehead atoms. The third kappa shape index (κ3) is 3.90. The van der Waals surface area contributed by atoms with Crippen molar-refractivity contribution in [3.63, 3.8) is 0 Å². The van der Waals surface area contributed by atoms with Crippen LogP contribution in [0.2, 0.25) is 0 Å². The molecular weight excluding hydrogens is 307 g/mol. The van der Waals surface area contributed by atoms with E-state index in [0.717, 1.165) is 6.07 Å². The van der Waals surface area contributed by atoms with E-state index < -0.39 is 11.7 Å². The van der Waals surface area contributed by atoms with Gasteiger partial charge in [-0.25, -0.2) is 0 Å². The Hall–Kier alpha value is -0.710. The molecule has 1 unspecified atom stereocenters. The molecule has 0 aliphatic carbocycles. The lowest BCUT2D eigenvalue weighted by Crippen LogP contribution is -2.31. The highest BCUT2D eigenvalue weighted by Crippen LogP contribution is 2.37. The Labute approximate surface area is 114 Å². The van der Waals surface area contributed by atoms with Gasteiger partial charge in [0, 0.05) is 16.2 Å². The first-order valence-corrected chi connectivity index (χ1v) is 6.44. The molecule has 1 aromatic rings. The summed E-state index contributed by atoms with van der Waals surface area (Å²) in [6, 6.07) is 4.08. The number of hydrogen-bond acceptors (Lipinski definition) is 1. The van der Waals surface area contributed by atoms with Crippen LogP contribution >= 0.6 is 15.9 Å².